The standard InChI is InChI=1S/C19H23NO2/c1-13-6-8-17(16(4)11-13)20-19(21)9-10-22-18-12-14(2)5-7-15(18)3/h5-8,11-12H,9-10H2,1-4H3,(H,20,21). The van der Waals surface area contributed by atoms with Crippen LogP contribution in [0.3, 0.4) is 0 Å². The molecule has 0 spiro atoms. The Morgan fingerprint density at radius 2 is 1.64 bits per heavy atom. The first kappa shape index (κ1) is 16.1. The van der Waals surface area contributed by atoms with Gasteiger partial charge in [-0.1, -0.05) is 29.8 Å². The molecule has 0 aliphatic rings. The van der Waals surface area contributed by atoms with Gasteiger partial charge in [0.05, 0.1) is 13.0 Å². The van der Waals surface area contributed by atoms with Crippen LogP contribution in [-0.2, 0) is 4.79 Å². The number of hydrogen-bond donors (Lipinski definition) is 1. The van der Waals surface area contributed by atoms with E-state index in [1.807, 2.05) is 52.0 Å². The number of carbonyl (C=O) groups excluding carboxylic acids is 1. The summed E-state index contributed by atoms with van der Waals surface area (Å²) >= 11 is 0. The SMILES string of the molecule is Cc1ccc(NC(=O)CCOc2cc(C)ccc2C)c(C)c1. The first-order valence-corrected chi connectivity index (χ1v) is 7.53. The van der Waals surface area contributed by atoms with Crippen molar-refractivity contribution >= 4 is 11.6 Å². The largest absolute Gasteiger partial charge is 0.493 e. The molecule has 2 rings (SSSR count). The fraction of sp³-hybridized carbons (Fsp3) is 0.316. The Hall–Kier alpha value is -2.29. The summed E-state index contributed by atoms with van der Waals surface area (Å²) in [6.45, 7) is 8.44. The van der Waals surface area contributed by atoms with Crippen molar-refractivity contribution in [2.45, 2.75) is 34.1 Å². The summed E-state index contributed by atoms with van der Waals surface area (Å²) in [5.74, 6) is 0.816. The Morgan fingerprint density at radius 1 is 0.955 bits per heavy atom. The highest BCUT2D eigenvalue weighted by molar-refractivity contribution is 5.91. The highest BCUT2D eigenvalue weighted by Crippen LogP contribution is 2.19. The molecule has 0 unspecified atom stereocenters. The average Bonchev–Trinajstić information content (AvgIpc) is 2.46. The third-order valence-electron chi connectivity index (χ3n) is 3.59. The van der Waals surface area contributed by atoms with Gasteiger partial charge in [0, 0.05) is 5.69 Å². The second-order valence-electron chi connectivity index (χ2n) is 5.73. The molecule has 1 N–H and O–H groups in total. The van der Waals surface area contributed by atoms with Gasteiger partial charge in [0.1, 0.15) is 5.75 Å². The van der Waals surface area contributed by atoms with Crippen molar-refractivity contribution < 1.29 is 9.53 Å². The van der Waals surface area contributed by atoms with Gasteiger partial charge in [-0.25, -0.2) is 0 Å². The van der Waals surface area contributed by atoms with Gasteiger partial charge in [0.2, 0.25) is 5.91 Å². The van der Waals surface area contributed by atoms with Crippen molar-refractivity contribution in [2.75, 3.05) is 11.9 Å². The van der Waals surface area contributed by atoms with E-state index in [1.54, 1.807) is 0 Å². The minimum Gasteiger partial charge on any atom is -0.493 e. The number of aryl methyl sites for hydroxylation is 4. The molecule has 0 bridgehead atoms. The first-order chi connectivity index (χ1) is 10.5. The summed E-state index contributed by atoms with van der Waals surface area (Å²) in [6, 6.07) is 12.1. The third-order valence-corrected chi connectivity index (χ3v) is 3.59. The van der Waals surface area contributed by atoms with Crippen molar-refractivity contribution in [3.63, 3.8) is 0 Å². The van der Waals surface area contributed by atoms with Gasteiger partial charge in [0.25, 0.3) is 0 Å². The fourth-order valence-corrected chi connectivity index (χ4v) is 2.28. The summed E-state index contributed by atoms with van der Waals surface area (Å²) in [5.41, 5.74) is 5.36. The Kier molecular flexibility index (Phi) is 5.21. The molecule has 0 aliphatic heterocycles. The summed E-state index contributed by atoms with van der Waals surface area (Å²) in [5, 5.41) is 2.93. The van der Waals surface area contributed by atoms with Crippen LogP contribution in [0.4, 0.5) is 5.69 Å². The molecule has 0 aromatic heterocycles. The van der Waals surface area contributed by atoms with E-state index in [9.17, 15) is 4.79 Å². The number of rotatable bonds is 5. The van der Waals surface area contributed by atoms with E-state index >= 15 is 0 Å². The Bertz CT molecular complexity index is 677. The third kappa shape index (κ3) is 4.35. The van der Waals surface area contributed by atoms with Crippen molar-refractivity contribution in [3.8, 4) is 5.75 Å². The second-order valence-corrected chi connectivity index (χ2v) is 5.73. The normalized spacial score (nSPS) is 10.4. The van der Waals surface area contributed by atoms with Crippen LogP contribution in [0.1, 0.15) is 28.7 Å². The zero-order valence-electron chi connectivity index (χ0n) is 13.7. The van der Waals surface area contributed by atoms with Crippen LogP contribution in [0, 0.1) is 27.7 Å². The molecule has 0 fully saturated rings. The fourth-order valence-electron chi connectivity index (χ4n) is 2.28. The molecule has 2 aromatic carbocycles. The predicted octanol–water partition coefficient (Wildman–Crippen LogP) is 4.33. The van der Waals surface area contributed by atoms with E-state index in [1.165, 1.54) is 5.56 Å². The van der Waals surface area contributed by atoms with E-state index in [-0.39, 0.29) is 5.91 Å². The van der Waals surface area contributed by atoms with Crippen molar-refractivity contribution in [3.05, 3.63) is 58.7 Å². The quantitative estimate of drug-likeness (QED) is 0.892. The lowest BCUT2D eigenvalue weighted by Crippen LogP contribution is -2.16. The van der Waals surface area contributed by atoms with Crippen LogP contribution in [0.2, 0.25) is 0 Å². The molecule has 116 valence electrons. The molecular formula is C19H23NO2. The summed E-state index contributed by atoms with van der Waals surface area (Å²) < 4.78 is 5.71. The van der Waals surface area contributed by atoms with Gasteiger partial charge in [-0.2, -0.15) is 0 Å². The smallest absolute Gasteiger partial charge is 0.227 e. The highest BCUT2D eigenvalue weighted by Gasteiger charge is 2.06. The average molecular weight is 297 g/mol. The number of hydrogen-bond acceptors (Lipinski definition) is 2. The minimum absolute atomic E-state index is 0.0303. The van der Waals surface area contributed by atoms with Crippen LogP contribution in [0.25, 0.3) is 0 Å². The van der Waals surface area contributed by atoms with Crippen LogP contribution >= 0.6 is 0 Å². The lowest BCUT2D eigenvalue weighted by atomic mass is 10.1. The predicted molar refractivity (Wildman–Crippen MR) is 90.6 cm³/mol. The molecule has 0 aliphatic carbocycles. The van der Waals surface area contributed by atoms with Crippen molar-refractivity contribution in [1.29, 1.82) is 0 Å². The van der Waals surface area contributed by atoms with Crippen LogP contribution in [0.15, 0.2) is 36.4 Å². The molecule has 0 heterocycles. The monoisotopic (exact) mass is 297 g/mol. The van der Waals surface area contributed by atoms with E-state index in [2.05, 4.69) is 17.4 Å². The lowest BCUT2D eigenvalue weighted by molar-refractivity contribution is -0.116. The number of anilines is 1. The first-order valence-electron chi connectivity index (χ1n) is 7.53. The Morgan fingerprint density at radius 3 is 2.36 bits per heavy atom. The zero-order chi connectivity index (χ0) is 16.1. The molecular weight excluding hydrogens is 274 g/mol. The van der Waals surface area contributed by atoms with E-state index < -0.39 is 0 Å². The summed E-state index contributed by atoms with van der Waals surface area (Å²) in [6.07, 6.45) is 0.334. The molecule has 0 radical (unpaired) electrons. The maximum Gasteiger partial charge on any atom is 0.227 e. The zero-order valence-corrected chi connectivity index (χ0v) is 13.7. The van der Waals surface area contributed by atoms with Crippen molar-refractivity contribution in [2.24, 2.45) is 0 Å². The van der Waals surface area contributed by atoms with Crippen LogP contribution < -0.4 is 10.1 Å². The summed E-state index contributed by atoms with van der Waals surface area (Å²) in [7, 11) is 0. The van der Waals surface area contributed by atoms with Gasteiger partial charge in [0.15, 0.2) is 0 Å². The number of nitrogens with one attached hydrogen (secondary N) is 1. The molecule has 3 heteroatoms. The maximum absolute atomic E-state index is 12.0. The van der Waals surface area contributed by atoms with Gasteiger partial charge in [-0.15, -0.1) is 0 Å². The van der Waals surface area contributed by atoms with Crippen molar-refractivity contribution in [1.82, 2.24) is 0 Å². The van der Waals surface area contributed by atoms with Gasteiger partial charge < -0.3 is 10.1 Å². The van der Waals surface area contributed by atoms with E-state index in [4.69, 9.17) is 4.74 Å². The molecule has 0 atom stereocenters. The molecule has 1 amide bonds. The molecule has 0 saturated carbocycles. The number of amides is 1. The van der Waals surface area contributed by atoms with E-state index in [0.29, 0.717) is 13.0 Å². The molecule has 3 nitrogen and oxygen atoms in total. The minimum atomic E-state index is -0.0303. The van der Waals surface area contributed by atoms with Gasteiger partial charge in [-0.3, -0.25) is 4.79 Å². The Balaban J connectivity index is 1.86. The maximum atomic E-state index is 12.0. The van der Waals surface area contributed by atoms with Crippen LogP contribution in [0.5, 0.6) is 5.75 Å². The Labute approximate surface area is 132 Å². The van der Waals surface area contributed by atoms with Crippen LogP contribution in [-0.4, -0.2) is 12.5 Å². The number of benzene rings is 2. The molecule has 22 heavy (non-hydrogen) atoms. The number of carbonyl (C=O) groups is 1. The lowest BCUT2D eigenvalue weighted by Gasteiger charge is -2.11. The molecule has 2 aromatic rings. The second kappa shape index (κ2) is 7.12. The van der Waals surface area contributed by atoms with Gasteiger partial charge in [-0.05, 0) is 56.5 Å². The highest BCUT2D eigenvalue weighted by atomic mass is 16.5. The summed E-state index contributed by atoms with van der Waals surface area (Å²) in [4.78, 5) is 12.0. The van der Waals surface area contributed by atoms with E-state index in [0.717, 1.165) is 28.1 Å². The topological polar surface area (TPSA) is 38.3 Å². The van der Waals surface area contributed by atoms with Gasteiger partial charge >= 0.3 is 0 Å². The molecule has 0 saturated heterocycles. The number of ether oxygens (including phenoxy) is 1.